The van der Waals surface area contributed by atoms with Gasteiger partial charge in [0.2, 0.25) is 5.90 Å². The Hall–Kier alpha value is -3.64. The molecule has 1 aliphatic heterocycles. The number of aliphatic imine (C=N–C) groups is 1. The number of para-hydroxylation sites is 1. The van der Waals surface area contributed by atoms with E-state index >= 15 is 0 Å². The number of aliphatic hydroxyl groups is 1. The van der Waals surface area contributed by atoms with Crippen LogP contribution in [0.5, 0.6) is 5.75 Å². The normalized spacial score (nSPS) is 17.3. The van der Waals surface area contributed by atoms with Crippen molar-refractivity contribution in [3.63, 3.8) is 0 Å². The number of nitrogens with zero attached hydrogens (tertiary/aromatic N) is 1. The van der Waals surface area contributed by atoms with E-state index in [9.17, 15) is 4.79 Å². The summed E-state index contributed by atoms with van der Waals surface area (Å²) in [7, 11) is 0. The van der Waals surface area contributed by atoms with Crippen LogP contribution in [-0.4, -0.2) is 42.3 Å². The van der Waals surface area contributed by atoms with Gasteiger partial charge < -0.3 is 19.9 Å². The molecule has 32 heavy (non-hydrogen) atoms. The van der Waals surface area contributed by atoms with Gasteiger partial charge in [0.1, 0.15) is 12.4 Å². The summed E-state index contributed by atoms with van der Waals surface area (Å²) in [5, 5.41) is 11.9. The highest BCUT2D eigenvalue weighted by Gasteiger charge is 2.44. The third-order valence-electron chi connectivity index (χ3n) is 5.23. The molecule has 2 N–H and O–H groups in total. The highest BCUT2D eigenvalue weighted by atomic mass is 16.5. The van der Waals surface area contributed by atoms with E-state index in [-0.39, 0.29) is 19.1 Å². The fourth-order valence-corrected chi connectivity index (χ4v) is 3.53. The molecule has 1 aliphatic rings. The Morgan fingerprint density at radius 2 is 1.69 bits per heavy atom. The summed E-state index contributed by atoms with van der Waals surface area (Å²) in [6.07, 6.45) is 1.01. The second kappa shape index (κ2) is 10.1. The molecule has 6 heteroatoms. The van der Waals surface area contributed by atoms with Gasteiger partial charge in [-0.15, -0.1) is 0 Å². The minimum atomic E-state index is -1.07. The Balaban J connectivity index is 1.58. The third kappa shape index (κ3) is 5.15. The lowest BCUT2D eigenvalue weighted by atomic mass is 9.91. The molecular formula is C26H26N2O4. The van der Waals surface area contributed by atoms with Crippen LogP contribution >= 0.6 is 0 Å². The number of anilines is 1. The van der Waals surface area contributed by atoms with Crippen molar-refractivity contribution in [2.24, 2.45) is 4.99 Å². The first-order chi connectivity index (χ1) is 15.7. The maximum Gasteiger partial charge on any atom is 0.256 e. The highest BCUT2D eigenvalue weighted by Crippen LogP contribution is 2.29. The highest BCUT2D eigenvalue weighted by molar-refractivity contribution is 6.04. The molecule has 0 bridgehead atoms. The molecular weight excluding hydrogens is 404 g/mol. The molecule has 1 heterocycles. The third-order valence-corrected chi connectivity index (χ3v) is 5.23. The van der Waals surface area contributed by atoms with Crippen molar-refractivity contribution in [3.05, 3.63) is 96.1 Å². The zero-order valence-electron chi connectivity index (χ0n) is 17.7. The number of ether oxygens (including phenoxy) is 2. The Morgan fingerprint density at radius 1 is 1.00 bits per heavy atom. The summed E-state index contributed by atoms with van der Waals surface area (Å²) >= 11 is 0. The average Bonchev–Trinajstić information content (AvgIpc) is 3.26. The van der Waals surface area contributed by atoms with Crippen LogP contribution in [0.2, 0.25) is 0 Å². The topological polar surface area (TPSA) is 80.2 Å². The number of hydrogen-bond acceptors (Lipinski definition) is 5. The molecule has 4 rings (SSSR count). The number of nitrogens with one attached hydrogen (secondary N) is 1. The Morgan fingerprint density at radius 3 is 2.38 bits per heavy atom. The predicted octanol–water partition coefficient (Wildman–Crippen LogP) is 3.84. The lowest BCUT2D eigenvalue weighted by Crippen LogP contribution is -2.44. The van der Waals surface area contributed by atoms with Crippen molar-refractivity contribution in [1.82, 2.24) is 0 Å². The van der Waals surface area contributed by atoms with E-state index in [0.29, 0.717) is 31.1 Å². The first-order valence-electron chi connectivity index (χ1n) is 10.7. The van der Waals surface area contributed by atoms with Gasteiger partial charge in [-0.3, -0.25) is 4.79 Å². The Bertz CT molecular complexity index is 1050. The number of rotatable bonds is 9. The SMILES string of the molecule is O=C(Nc1ccccc1)[C@@]1(Cc2ccccc2)COC(c2ccc(OCCCO)cc2)=N1. The molecule has 1 atom stereocenters. The summed E-state index contributed by atoms with van der Waals surface area (Å²) < 4.78 is 11.5. The van der Waals surface area contributed by atoms with E-state index < -0.39 is 5.54 Å². The van der Waals surface area contributed by atoms with Crippen LogP contribution in [-0.2, 0) is 16.0 Å². The molecule has 0 saturated heterocycles. The molecule has 0 unspecified atom stereocenters. The maximum atomic E-state index is 13.4. The monoisotopic (exact) mass is 430 g/mol. The number of hydrogen-bond donors (Lipinski definition) is 2. The quantitative estimate of drug-likeness (QED) is 0.506. The van der Waals surface area contributed by atoms with Crippen LogP contribution in [0.25, 0.3) is 0 Å². The largest absolute Gasteiger partial charge is 0.494 e. The van der Waals surface area contributed by atoms with Crippen molar-refractivity contribution in [2.75, 3.05) is 25.1 Å². The van der Waals surface area contributed by atoms with Crippen molar-refractivity contribution in [1.29, 1.82) is 0 Å². The molecule has 0 aromatic heterocycles. The van der Waals surface area contributed by atoms with Crippen molar-refractivity contribution in [2.45, 2.75) is 18.4 Å². The number of carbonyl (C=O) groups excluding carboxylic acids is 1. The maximum absolute atomic E-state index is 13.4. The Labute approximate surface area is 187 Å². The second-order valence-corrected chi connectivity index (χ2v) is 7.67. The van der Waals surface area contributed by atoms with Crippen LogP contribution in [0.15, 0.2) is 89.9 Å². The minimum Gasteiger partial charge on any atom is -0.494 e. The van der Waals surface area contributed by atoms with Crippen LogP contribution in [0, 0.1) is 0 Å². The van der Waals surface area contributed by atoms with Crippen molar-refractivity contribution in [3.8, 4) is 5.75 Å². The molecule has 0 spiro atoms. The number of amides is 1. The molecule has 3 aromatic carbocycles. The van der Waals surface area contributed by atoms with E-state index in [0.717, 1.165) is 16.8 Å². The van der Waals surface area contributed by atoms with Gasteiger partial charge in [-0.1, -0.05) is 48.5 Å². The zero-order chi connectivity index (χ0) is 22.2. The lowest BCUT2D eigenvalue weighted by Gasteiger charge is -2.23. The van der Waals surface area contributed by atoms with Gasteiger partial charge in [-0.2, -0.15) is 0 Å². The molecule has 0 fully saturated rings. The first kappa shape index (κ1) is 21.6. The number of carbonyl (C=O) groups is 1. The van der Waals surface area contributed by atoms with Crippen LogP contribution in [0.3, 0.4) is 0 Å². The van der Waals surface area contributed by atoms with Crippen LogP contribution in [0.1, 0.15) is 17.5 Å². The van der Waals surface area contributed by atoms with E-state index in [4.69, 9.17) is 19.6 Å². The number of benzene rings is 3. The molecule has 0 saturated carbocycles. The standard InChI is InChI=1S/C26H26N2O4/c29-16-7-17-31-23-14-12-21(13-15-23)24-28-26(19-32-24,18-20-8-3-1-4-9-20)25(30)27-22-10-5-2-6-11-22/h1-6,8-15,29H,7,16-19H2,(H,27,30)/t26-/m1/s1. The minimum absolute atomic E-state index is 0.0945. The lowest BCUT2D eigenvalue weighted by molar-refractivity contribution is -0.121. The van der Waals surface area contributed by atoms with Crippen molar-refractivity contribution >= 4 is 17.5 Å². The number of aliphatic hydroxyl groups excluding tert-OH is 1. The van der Waals surface area contributed by atoms with Crippen LogP contribution in [0.4, 0.5) is 5.69 Å². The van der Waals surface area contributed by atoms with Crippen LogP contribution < -0.4 is 10.1 Å². The fraction of sp³-hybridized carbons (Fsp3) is 0.231. The van der Waals surface area contributed by atoms with Gasteiger partial charge in [-0.25, -0.2) is 4.99 Å². The fourth-order valence-electron chi connectivity index (χ4n) is 3.53. The van der Waals surface area contributed by atoms with Gasteiger partial charge in [-0.05, 0) is 42.0 Å². The molecule has 0 aliphatic carbocycles. The van der Waals surface area contributed by atoms with E-state index in [1.54, 1.807) is 0 Å². The summed E-state index contributed by atoms with van der Waals surface area (Å²) in [6.45, 7) is 0.703. The van der Waals surface area contributed by atoms with E-state index in [1.165, 1.54) is 0 Å². The summed E-state index contributed by atoms with van der Waals surface area (Å²) in [5.74, 6) is 0.940. The molecule has 164 valence electrons. The van der Waals surface area contributed by atoms with Gasteiger partial charge in [0, 0.05) is 30.7 Å². The molecule has 0 radical (unpaired) electrons. The zero-order valence-corrected chi connectivity index (χ0v) is 17.7. The van der Waals surface area contributed by atoms with E-state index in [1.807, 2.05) is 84.9 Å². The molecule has 6 nitrogen and oxygen atoms in total. The summed E-state index contributed by atoms with van der Waals surface area (Å²) in [5.41, 5.74) is 1.44. The predicted molar refractivity (Wildman–Crippen MR) is 124 cm³/mol. The van der Waals surface area contributed by atoms with Gasteiger partial charge in [0.15, 0.2) is 5.54 Å². The van der Waals surface area contributed by atoms with Gasteiger partial charge in [0.25, 0.3) is 5.91 Å². The first-order valence-corrected chi connectivity index (χ1v) is 10.7. The summed E-state index contributed by atoms with van der Waals surface area (Å²) in [6, 6.07) is 26.6. The smallest absolute Gasteiger partial charge is 0.256 e. The summed E-state index contributed by atoms with van der Waals surface area (Å²) in [4.78, 5) is 18.2. The molecule has 1 amide bonds. The van der Waals surface area contributed by atoms with E-state index in [2.05, 4.69) is 5.32 Å². The van der Waals surface area contributed by atoms with Gasteiger partial charge >= 0.3 is 0 Å². The Kier molecular flexibility index (Phi) is 6.82. The van der Waals surface area contributed by atoms with Crippen molar-refractivity contribution < 1.29 is 19.4 Å². The second-order valence-electron chi connectivity index (χ2n) is 7.67. The average molecular weight is 431 g/mol. The molecule has 3 aromatic rings. The van der Waals surface area contributed by atoms with Gasteiger partial charge in [0.05, 0.1) is 6.61 Å².